The highest BCUT2D eigenvalue weighted by molar-refractivity contribution is 7.15. The van der Waals surface area contributed by atoms with Crippen molar-refractivity contribution in [2.24, 2.45) is 0 Å². The second-order valence-electron chi connectivity index (χ2n) is 4.49. The van der Waals surface area contributed by atoms with E-state index in [0.29, 0.717) is 11.5 Å². The number of nitrogens with zero attached hydrogens (tertiary/aromatic N) is 2. The summed E-state index contributed by atoms with van der Waals surface area (Å²) >= 11 is 1.58. The molecule has 0 spiro atoms. The number of pyridine rings is 1. The van der Waals surface area contributed by atoms with E-state index >= 15 is 0 Å². The molecule has 94 valence electrons. The molecule has 1 aliphatic carbocycles. The highest BCUT2D eigenvalue weighted by atomic mass is 32.1. The van der Waals surface area contributed by atoms with Gasteiger partial charge >= 0.3 is 0 Å². The van der Waals surface area contributed by atoms with Crippen LogP contribution in [0.15, 0.2) is 18.5 Å². The van der Waals surface area contributed by atoms with Crippen molar-refractivity contribution in [3.8, 4) is 10.6 Å². The molecule has 1 aliphatic rings. The van der Waals surface area contributed by atoms with Crippen LogP contribution < -0.4 is 5.32 Å². The van der Waals surface area contributed by atoms with Crippen molar-refractivity contribution in [3.63, 3.8) is 0 Å². The van der Waals surface area contributed by atoms with Crippen LogP contribution in [-0.4, -0.2) is 17.0 Å². The highest BCUT2D eigenvalue weighted by Gasteiger charge is 2.29. The van der Waals surface area contributed by atoms with Gasteiger partial charge in [-0.15, -0.1) is 11.3 Å². The maximum absolute atomic E-state index is 13.7. The first-order chi connectivity index (χ1) is 8.79. The molecule has 18 heavy (non-hydrogen) atoms. The van der Waals surface area contributed by atoms with Gasteiger partial charge in [-0.25, -0.2) is 9.37 Å². The molecule has 2 aromatic rings. The van der Waals surface area contributed by atoms with Crippen LogP contribution in [0, 0.1) is 5.82 Å². The summed E-state index contributed by atoms with van der Waals surface area (Å²) in [5.74, 6) is 0.285. The van der Waals surface area contributed by atoms with Gasteiger partial charge in [0.05, 0.1) is 11.9 Å². The minimum Gasteiger partial charge on any atom is -0.315 e. The quantitative estimate of drug-likeness (QED) is 0.921. The van der Waals surface area contributed by atoms with E-state index in [1.807, 2.05) is 7.05 Å². The Morgan fingerprint density at radius 1 is 1.50 bits per heavy atom. The molecule has 0 atom stereocenters. The molecule has 3 nitrogen and oxygen atoms in total. The van der Waals surface area contributed by atoms with Crippen molar-refractivity contribution >= 4 is 11.3 Å². The van der Waals surface area contributed by atoms with Gasteiger partial charge in [-0.3, -0.25) is 4.98 Å². The summed E-state index contributed by atoms with van der Waals surface area (Å²) in [4.78, 5) is 9.63. The van der Waals surface area contributed by atoms with Crippen molar-refractivity contribution in [2.45, 2.75) is 25.3 Å². The van der Waals surface area contributed by atoms with Gasteiger partial charge in [-0.05, 0) is 26.0 Å². The predicted octanol–water partition coefficient (Wildman–Crippen LogP) is 2.94. The Kier molecular flexibility index (Phi) is 3.09. The van der Waals surface area contributed by atoms with E-state index in [0.717, 1.165) is 17.2 Å². The Balaban J connectivity index is 2.02. The second kappa shape index (κ2) is 4.74. The zero-order valence-electron chi connectivity index (χ0n) is 10.1. The summed E-state index contributed by atoms with van der Waals surface area (Å²) in [5, 5.41) is 3.92. The Morgan fingerprint density at radius 3 is 3.00 bits per heavy atom. The lowest BCUT2D eigenvalue weighted by molar-refractivity contribution is 0.625. The third-order valence-electron chi connectivity index (χ3n) is 3.03. The molecular formula is C13H14FN3S. The van der Waals surface area contributed by atoms with Gasteiger partial charge in [-0.2, -0.15) is 0 Å². The van der Waals surface area contributed by atoms with Gasteiger partial charge in [0.15, 0.2) is 5.82 Å². The topological polar surface area (TPSA) is 37.8 Å². The standard InChI is InChI=1S/C13H14FN3S/c1-15-7-11-12(8-2-3-8)17-13(18-11)9-4-5-16-6-10(9)14/h4-6,8,15H,2-3,7H2,1H3. The lowest BCUT2D eigenvalue weighted by Crippen LogP contribution is -2.05. The minimum atomic E-state index is -0.301. The van der Waals surface area contributed by atoms with Gasteiger partial charge in [-0.1, -0.05) is 0 Å². The molecule has 0 bridgehead atoms. The van der Waals surface area contributed by atoms with E-state index in [2.05, 4.69) is 15.3 Å². The van der Waals surface area contributed by atoms with Crippen LogP contribution in [-0.2, 0) is 6.54 Å². The van der Waals surface area contributed by atoms with E-state index in [1.54, 1.807) is 23.6 Å². The Morgan fingerprint density at radius 2 is 2.33 bits per heavy atom. The number of thiazole rings is 1. The number of hydrogen-bond acceptors (Lipinski definition) is 4. The van der Waals surface area contributed by atoms with E-state index in [9.17, 15) is 4.39 Å². The average Bonchev–Trinajstić information content (AvgIpc) is 3.13. The molecule has 3 rings (SSSR count). The lowest BCUT2D eigenvalue weighted by Gasteiger charge is -1.97. The number of aromatic nitrogens is 2. The van der Waals surface area contributed by atoms with Crippen LogP contribution in [0.25, 0.3) is 10.6 Å². The molecule has 0 amide bonds. The van der Waals surface area contributed by atoms with Crippen LogP contribution in [0.3, 0.4) is 0 Å². The third kappa shape index (κ3) is 2.15. The van der Waals surface area contributed by atoms with Crippen molar-refractivity contribution in [1.82, 2.24) is 15.3 Å². The summed E-state index contributed by atoms with van der Waals surface area (Å²) in [6.45, 7) is 0.802. The molecule has 2 aromatic heterocycles. The first-order valence-corrected chi connectivity index (χ1v) is 6.85. The minimum absolute atomic E-state index is 0.301. The molecule has 5 heteroatoms. The van der Waals surface area contributed by atoms with Crippen LogP contribution in [0.4, 0.5) is 4.39 Å². The predicted molar refractivity (Wildman–Crippen MR) is 70.0 cm³/mol. The van der Waals surface area contributed by atoms with Gasteiger partial charge in [0, 0.05) is 29.1 Å². The van der Waals surface area contributed by atoms with Crippen LogP contribution in [0.5, 0.6) is 0 Å². The smallest absolute Gasteiger partial charge is 0.151 e. The molecule has 2 heterocycles. The van der Waals surface area contributed by atoms with Gasteiger partial charge < -0.3 is 5.32 Å². The fourth-order valence-corrected chi connectivity index (χ4v) is 3.18. The number of rotatable bonds is 4. The fraction of sp³-hybridized carbons (Fsp3) is 0.385. The number of halogens is 1. The van der Waals surface area contributed by atoms with Crippen LogP contribution in [0.1, 0.15) is 29.3 Å². The van der Waals surface area contributed by atoms with Crippen LogP contribution in [0.2, 0.25) is 0 Å². The van der Waals surface area contributed by atoms with Gasteiger partial charge in [0.2, 0.25) is 0 Å². The molecule has 1 saturated carbocycles. The molecule has 0 unspecified atom stereocenters. The first-order valence-electron chi connectivity index (χ1n) is 6.03. The van der Waals surface area contributed by atoms with E-state index in [-0.39, 0.29) is 5.82 Å². The van der Waals surface area contributed by atoms with Crippen molar-refractivity contribution in [2.75, 3.05) is 7.05 Å². The Labute approximate surface area is 109 Å². The summed E-state index contributed by atoms with van der Waals surface area (Å²) in [5.41, 5.74) is 1.71. The largest absolute Gasteiger partial charge is 0.315 e. The third-order valence-corrected chi connectivity index (χ3v) is 4.14. The molecule has 1 fully saturated rings. The van der Waals surface area contributed by atoms with E-state index in [1.165, 1.54) is 23.9 Å². The van der Waals surface area contributed by atoms with E-state index < -0.39 is 0 Å². The number of hydrogen-bond donors (Lipinski definition) is 1. The lowest BCUT2D eigenvalue weighted by atomic mass is 10.2. The molecule has 0 radical (unpaired) electrons. The molecule has 0 aliphatic heterocycles. The first kappa shape index (κ1) is 11.7. The summed E-state index contributed by atoms with van der Waals surface area (Å²) < 4.78 is 13.7. The maximum Gasteiger partial charge on any atom is 0.151 e. The summed E-state index contributed by atoms with van der Waals surface area (Å²) in [7, 11) is 1.92. The molecule has 0 aromatic carbocycles. The Hall–Kier alpha value is -1.33. The van der Waals surface area contributed by atoms with Crippen molar-refractivity contribution < 1.29 is 4.39 Å². The Bertz CT molecular complexity index is 563. The zero-order valence-corrected chi connectivity index (χ0v) is 10.9. The van der Waals surface area contributed by atoms with Crippen molar-refractivity contribution in [1.29, 1.82) is 0 Å². The van der Waals surface area contributed by atoms with E-state index in [4.69, 9.17) is 0 Å². The SMILES string of the molecule is CNCc1sc(-c2ccncc2F)nc1C1CC1. The second-order valence-corrected chi connectivity index (χ2v) is 5.57. The highest BCUT2D eigenvalue weighted by Crippen LogP contribution is 2.44. The van der Waals surface area contributed by atoms with Crippen LogP contribution >= 0.6 is 11.3 Å². The molecular weight excluding hydrogens is 249 g/mol. The van der Waals surface area contributed by atoms with Crippen molar-refractivity contribution in [3.05, 3.63) is 34.8 Å². The zero-order chi connectivity index (χ0) is 12.5. The average molecular weight is 263 g/mol. The normalized spacial score (nSPS) is 15.0. The molecule has 0 saturated heterocycles. The summed E-state index contributed by atoms with van der Waals surface area (Å²) in [6, 6.07) is 1.69. The van der Waals surface area contributed by atoms with Gasteiger partial charge in [0.1, 0.15) is 5.01 Å². The van der Waals surface area contributed by atoms with Gasteiger partial charge in [0.25, 0.3) is 0 Å². The summed E-state index contributed by atoms with van der Waals surface area (Å²) in [6.07, 6.45) is 5.26. The number of nitrogens with one attached hydrogen (secondary N) is 1. The maximum atomic E-state index is 13.7. The fourth-order valence-electron chi connectivity index (χ4n) is 1.99. The molecule has 1 N–H and O–H groups in total. The monoisotopic (exact) mass is 263 g/mol.